The van der Waals surface area contributed by atoms with E-state index in [1.54, 1.807) is 6.07 Å². The Kier molecular flexibility index (Phi) is 4.13. The molecule has 6 heteroatoms. The van der Waals surface area contributed by atoms with E-state index in [-0.39, 0.29) is 17.5 Å². The molecule has 1 saturated heterocycles. The van der Waals surface area contributed by atoms with Crippen LogP contribution in [-0.2, 0) is 9.84 Å². The number of benzene rings is 1. The van der Waals surface area contributed by atoms with E-state index >= 15 is 0 Å². The van der Waals surface area contributed by atoms with Crippen LogP contribution in [0, 0.1) is 0 Å². The molecular weight excluding hydrogens is 326 g/mol. The standard InChI is InChI=1S/C11H13BrClNO2S/c12-8-2-3-9(10(13)6-8)11-7-17(15,16)5-1-4-14-11/h2-3,6,11,14H,1,4-5,7H2. The van der Waals surface area contributed by atoms with Gasteiger partial charge in [-0.2, -0.15) is 0 Å². The van der Waals surface area contributed by atoms with E-state index in [1.165, 1.54) is 0 Å². The van der Waals surface area contributed by atoms with Crippen molar-refractivity contribution in [2.45, 2.75) is 12.5 Å². The maximum atomic E-state index is 11.7. The van der Waals surface area contributed by atoms with Crippen LogP contribution in [-0.4, -0.2) is 26.5 Å². The van der Waals surface area contributed by atoms with Crippen molar-refractivity contribution in [1.82, 2.24) is 5.32 Å². The first-order valence-corrected chi connectivity index (χ1v) is 8.36. The predicted molar refractivity (Wildman–Crippen MR) is 73.2 cm³/mol. The molecule has 0 amide bonds. The van der Waals surface area contributed by atoms with Crippen LogP contribution in [0.3, 0.4) is 0 Å². The third kappa shape index (κ3) is 3.44. The molecule has 0 bridgehead atoms. The quantitative estimate of drug-likeness (QED) is 0.856. The van der Waals surface area contributed by atoms with Crippen LogP contribution in [0.5, 0.6) is 0 Å². The number of sulfone groups is 1. The Morgan fingerprint density at radius 1 is 1.41 bits per heavy atom. The summed E-state index contributed by atoms with van der Waals surface area (Å²) in [6, 6.07) is 5.32. The maximum absolute atomic E-state index is 11.7. The first-order chi connectivity index (χ1) is 7.98. The lowest BCUT2D eigenvalue weighted by atomic mass is 10.1. The van der Waals surface area contributed by atoms with E-state index in [2.05, 4.69) is 21.2 Å². The average Bonchev–Trinajstić information content (AvgIpc) is 2.39. The first kappa shape index (κ1) is 13.3. The molecule has 0 radical (unpaired) electrons. The number of halogens is 2. The molecule has 1 atom stereocenters. The number of rotatable bonds is 1. The van der Waals surface area contributed by atoms with Gasteiger partial charge in [-0.3, -0.25) is 0 Å². The van der Waals surface area contributed by atoms with Gasteiger partial charge in [-0.15, -0.1) is 0 Å². The van der Waals surface area contributed by atoms with Crippen molar-refractivity contribution in [3.63, 3.8) is 0 Å². The minimum Gasteiger partial charge on any atom is -0.309 e. The molecule has 0 spiro atoms. The van der Waals surface area contributed by atoms with Gasteiger partial charge >= 0.3 is 0 Å². The molecule has 1 aliphatic heterocycles. The lowest BCUT2D eigenvalue weighted by Crippen LogP contribution is -2.25. The normalized spacial score (nSPS) is 24.2. The Labute approximate surface area is 115 Å². The van der Waals surface area contributed by atoms with E-state index in [9.17, 15) is 8.42 Å². The topological polar surface area (TPSA) is 46.2 Å². The minimum absolute atomic E-state index is 0.119. The summed E-state index contributed by atoms with van der Waals surface area (Å²) >= 11 is 9.48. The van der Waals surface area contributed by atoms with Crippen molar-refractivity contribution in [3.05, 3.63) is 33.3 Å². The Balaban J connectivity index is 2.32. The van der Waals surface area contributed by atoms with Crippen molar-refractivity contribution >= 4 is 37.4 Å². The summed E-state index contributed by atoms with van der Waals surface area (Å²) in [5, 5.41) is 3.83. The molecule has 1 heterocycles. The molecule has 0 saturated carbocycles. The second-order valence-electron chi connectivity index (χ2n) is 4.14. The fraction of sp³-hybridized carbons (Fsp3) is 0.455. The zero-order valence-corrected chi connectivity index (χ0v) is 12.3. The molecule has 0 aromatic heterocycles. The summed E-state index contributed by atoms with van der Waals surface area (Å²) in [4.78, 5) is 0. The average molecular weight is 339 g/mol. The maximum Gasteiger partial charge on any atom is 0.152 e. The third-order valence-electron chi connectivity index (χ3n) is 2.78. The smallest absolute Gasteiger partial charge is 0.152 e. The van der Waals surface area contributed by atoms with Crippen molar-refractivity contribution in [2.75, 3.05) is 18.1 Å². The van der Waals surface area contributed by atoms with E-state index in [0.717, 1.165) is 10.0 Å². The van der Waals surface area contributed by atoms with Crippen LogP contribution >= 0.6 is 27.5 Å². The van der Waals surface area contributed by atoms with Crippen LogP contribution in [0.1, 0.15) is 18.0 Å². The summed E-state index contributed by atoms with van der Waals surface area (Å²) in [6.45, 7) is 0.705. The fourth-order valence-electron chi connectivity index (χ4n) is 1.95. The van der Waals surface area contributed by atoms with Crippen LogP contribution < -0.4 is 5.32 Å². The highest BCUT2D eigenvalue weighted by molar-refractivity contribution is 9.10. The van der Waals surface area contributed by atoms with E-state index in [1.807, 2.05) is 12.1 Å². The van der Waals surface area contributed by atoms with E-state index in [4.69, 9.17) is 11.6 Å². The lowest BCUT2D eigenvalue weighted by Gasteiger charge is -2.17. The zero-order chi connectivity index (χ0) is 12.5. The Morgan fingerprint density at radius 2 is 2.18 bits per heavy atom. The number of hydrogen-bond acceptors (Lipinski definition) is 3. The van der Waals surface area contributed by atoms with Crippen LogP contribution in [0.2, 0.25) is 5.02 Å². The molecule has 2 rings (SSSR count). The molecule has 1 fully saturated rings. The van der Waals surface area contributed by atoms with Gasteiger partial charge in [0.15, 0.2) is 9.84 Å². The monoisotopic (exact) mass is 337 g/mol. The van der Waals surface area contributed by atoms with Crippen molar-refractivity contribution in [2.24, 2.45) is 0 Å². The van der Waals surface area contributed by atoms with Gasteiger partial charge in [0.1, 0.15) is 0 Å². The Hall–Kier alpha value is -0.100. The van der Waals surface area contributed by atoms with Gasteiger partial charge in [0.25, 0.3) is 0 Å². The van der Waals surface area contributed by atoms with Crippen molar-refractivity contribution in [3.8, 4) is 0 Å². The highest BCUT2D eigenvalue weighted by atomic mass is 79.9. The molecule has 0 aliphatic carbocycles. The molecule has 17 heavy (non-hydrogen) atoms. The van der Waals surface area contributed by atoms with Gasteiger partial charge in [0.05, 0.1) is 11.5 Å². The molecule has 1 aliphatic rings. The van der Waals surface area contributed by atoms with Gasteiger partial charge in [-0.1, -0.05) is 33.6 Å². The first-order valence-electron chi connectivity index (χ1n) is 5.37. The second kappa shape index (κ2) is 5.26. The summed E-state index contributed by atoms with van der Waals surface area (Å²) in [7, 11) is -2.98. The third-order valence-corrected chi connectivity index (χ3v) is 5.35. The van der Waals surface area contributed by atoms with Crippen LogP contribution in [0.15, 0.2) is 22.7 Å². The summed E-state index contributed by atoms with van der Waals surface area (Å²) < 4.78 is 24.4. The molecule has 1 aromatic rings. The lowest BCUT2D eigenvalue weighted by molar-refractivity contribution is 0.572. The van der Waals surface area contributed by atoms with Crippen LogP contribution in [0.4, 0.5) is 0 Å². The molecule has 1 unspecified atom stereocenters. The SMILES string of the molecule is O=S1(=O)CCCNC(c2ccc(Br)cc2Cl)C1. The van der Waals surface area contributed by atoms with Gasteiger partial charge < -0.3 is 5.32 Å². The molecule has 3 nitrogen and oxygen atoms in total. The minimum atomic E-state index is -2.98. The van der Waals surface area contributed by atoms with Crippen LogP contribution in [0.25, 0.3) is 0 Å². The van der Waals surface area contributed by atoms with Gasteiger partial charge in [-0.05, 0) is 30.7 Å². The predicted octanol–water partition coefficient (Wildman–Crippen LogP) is 2.55. The van der Waals surface area contributed by atoms with E-state index in [0.29, 0.717) is 18.0 Å². The number of nitrogens with one attached hydrogen (secondary N) is 1. The van der Waals surface area contributed by atoms with Gasteiger partial charge in [0.2, 0.25) is 0 Å². The Morgan fingerprint density at radius 3 is 2.88 bits per heavy atom. The van der Waals surface area contributed by atoms with Crippen molar-refractivity contribution < 1.29 is 8.42 Å². The van der Waals surface area contributed by atoms with Gasteiger partial charge in [-0.25, -0.2) is 8.42 Å². The van der Waals surface area contributed by atoms with Gasteiger partial charge in [0, 0.05) is 15.5 Å². The second-order valence-corrected chi connectivity index (χ2v) is 7.69. The highest BCUT2D eigenvalue weighted by Crippen LogP contribution is 2.28. The summed E-state index contributed by atoms with van der Waals surface area (Å²) in [5.74, 6) is 0.374. The molecule has 1 N–H and O–H groups in total. The largest absolute Gasteiger partial charge is 0.309 e. The van der Waals surface area contributed by atoms with E-state index < -0.39 is 9.84 Å². The molecule has 1 aromatic carbocycles. The summed E-state index contributed by atoms with van der Waals surface area (Å²) in [5.41, 5.74) is 0.848. The number of hydrogen-bond donors (Lipinski definition) is 1. The highest BCUT2D eigenvalue weighted by Gasteiger charge is 2.24. The Bertz CT molecular complexity index is 518. The fourth-order valence-corrected chi connectivity index (χ4v) is 4.31. The molecule has 94 valence electrons. The van der Waals surface area contributed by atoms with Crippen molar-refractivity contribution in [1.29, 1.82) is 0 Å². The molecular formula is C11H13BrClNO2S. The zero-order valence-electron chi connectivity index (χ0n) is 9.12. The summed E-state index contributed by atoms with van der Waals surface area (Å²) in [6.07, 6.45) is 0.660.